The standard InChI is InChI=1S/C16H15BrFNO/c17-15-3-2-14(18)8-13(15)10-19-9-11-1-4-16-12(7-11)5-6-20-16/h1-4,7-8,19H,5-6,9-10H2. The van der Waals surface area contributed by atoms with Crippen molar-refractivity contribution in [3.05, 3.63) is 63.4 Å². The van der Waals surface area contributed by atoms with Crippen LogP contribution in [0.4, 0.5) is 4.39 Å². The quantitative estimate of drug-likeness (QED) is 0.917. The van der Waals surface area contributed by atoms with Gasteiger partial charge in [-0.1, -0.05) is 28.1 Å². The molecule has 0 aromatic heterocycles. The molecule has 0 aliphatic carbocycles. The van der Waals surface area contributed by atoms with E-state index in [1.165, 1.54) is 17.2 Å². The molecule has 104 valence electrons. The third-order valence-electron chi connectivity index (χ3n) is 3.41. The lowest BCUT2D eigenvalue weighted by Gasteiger charge is -2.08. The van der Waals surface area contributed by atoms with E-state index in [-0.39, 0.29) is 5.82 Å². The molecular weight excluding hydrogens is 321 g/mol. The van der Waals surface area contributed by atoms with E-state index in [2.05, 4.69) is 33.4 Å². The first kappa shape index (κ1) is 13.6. The summed E-state index contributed by atoms with van der Waals surface area (Å²) in [4.78, 5) is 0. The average Bonchev–Trinajstić information content (AvgIpc) is 2.90. The zero-order valence-corrected chi connectivity index (χ0v) is 12.5. The van der Waals surface area contributed by atoms with Crippen LogP contribution < -0.4 is 10.1 Å². The molecular formula is C16H15BrFNO. The maximum absolute atomic E-state index is 13.2. The van der Waals surface area contributed by atoms with E-state index in [9.17, 15) is 4.39 Å². The molecule has 1 aliphatic heterocycles. The van der Waals surface area contributed by atoms with Gasteiger partial charge >= 0.3 is 0 Å². The van der Waals surface area contributed by atoms with E-state index in [0.717, 1.165) is 35.4 Å². The third kappa shape index (κ3) is 3.02. The molecule has 1 N–H and O–H groups in total. The number of hydrogen-bond acceptors (Lipinski definition) is 2. The van der Waals surface area contributed by atoms with Gasteiger partial charge in [0.2, 0.25) is 0 Å². The van der Waals surface area contributed by atoms with Crippen LogP contribution in [-0.2, 0) is 19.5 Å². The summed E-state index contributed by atoms with van der Waals surface area (Å²) >= 11 is 3.43. The first-order valence-corrected chi connectivity index (χ1v) is 7.41. The van der Waals surface area contributed by atoms with Gasteiger partial charge in [-0.3, -0.25) is 0 Å². The second kappa shape index (κ2) is 5.94. The number of ether oxygens (including phenoxy) is 1. The van der Waals surface area contributed by atoms with E-state index in [4.69, 9.17) is 4.74 Å². The van der Waals surface area contributed by atoms with Crippen LogP contribution in [0.5, 0.6) is 5.75 Å². The van der Waals surface area contributed by atoms with Crippen molar-refractivity contribution >= 4 is 15.9 Å². The number of halogens is 2. The Labute approximate surface area is 126 Å². The van der Waals surface area contributed by atoms with Gasteiger partial charge in [-0.25, -0.2) is 4.39 Å². The molecule has 1 heterocycles. The Kier molecular flexibility index (Phi) is 4.03. The summed E-state index contributed by atoms with van der Waals surface area (Å²) in [5.41, 5.74) is 3.42. The SMILES string of the molecule is Fc1ccc(Br)c(CNCc2ccc3c(c2)CCO3)c1. The zero-order valence-electron chi connectivity index (χ0n) is 11.0. The van der Waals surface area contributed by atoms with Crippen LogP contribution >= 0.6 is 15.9 Å². The first-order valence-electron chi connectivity index (χ1n) is 6.61. The molecule has 0 atom stereocenters. The van der Waals surface area contributed by atoms with Crippen LogP contribution in [0.25, 0.3) is 0 Å². The van der Waals surface area contributed by atoms with E-state index in [1.54, 1.807) is 12.1 Å². The van der Waals surface area contributed by atoms with Gasteiger partial charge in [0.1, 0.15) is 11.6 Å². The van der Waals surface area contributed by atoms with Gasteiger partial charge < -0.3 is 10.1 Å². The minimum atomic E-state index is -0.209. The van der Waals surface area contributed by atoms with Gasteiger partial charge in [-0.15, -0.1) is 0 Å². The topological polar surface area (TPSA) is 21.3 Å². The van der Waals surface area contributed by atoms with Gasteiger partial charge in [0.15, 0.2) is 0 Å². The Hall–Kier alpha value is -1.39. The van der Waals surface area contributed by atoms with Gasteiger partial charge in [0, 0.05) is 24.0 Å². The summed E-state index contributed by atoms with van der Waals surface area (Å²) in [5.74, 6) is 0.793. The molecule has 1 aliphatic rings. The lowest BCUT2D eigenvalue weighted by atomic mass is 10.1. The maximum atomic E-state index is 13.2. The predicted molar refractivity (Wildman–Crippen MR) is 80.3 cm³/mol. The van der Waals surface area contributed by atoms with Crippen LogP contribution in [-0.4, -0.2) is 6.61 Å². The highest BCUT2D eigenvalue weighted by Gasteiger charge is 2.11. The van der Waals surface area contributed by atoms with E-state index < -0.39 is 0 Å². The van der Waals surface area contributed by atoms with Gasteiger partial charge in [-0.05, 0) is 41.0 Å². The Morgan fingerprint density at radius 1 is 1.15 bits per heavy atom. The van der Waals surface area contributed by atoms with Crippen molar-refractivity contribution in [2.45, 2.75) is 19.5 Å². The molecule has 2 aromatic rings. The molecule has 0 amide bonds. The molecule has 4 heteroatoms. The monoisotopic (exact) mass is 335 g/mol. The minimum Gasteiger partial charge on any atom is -0.493 e. The molecule has 0 saturated heterocycles. The molecule has 0 bridgehead atoms. The maximum Gasteiger partial charge on any atom is 0.123 e. The molecule has 0 radical (unpaired) electrons. The van der Waals surface area contributed by atoms with Crippen LogP contribution in [0.15, 0.2) is 40.9 Å². The molecule has 0 saturated carbocycles. The molecule has 0 fully saturated rings. The molecule has 20 heavy (non-hydrogen) atoms. The highest BCUT2D eigenvalue weighted by Crippen LogP contribution is 2.25. The average molecular weight is 336 g/mol. The van der Waals surface area contributed by atoms with Crippen molar-refractivity contribution in [2.75, 3.05) is 6.61 Å². The summed E-state index contributed by atoms with van der Waals surface area (Å²) in [6.07, 6.45) is 0.985. The molecule has 0 spiro atoms. The Morgan fingerprint density at radius 2 is 2.05 bits per heavy atom. The third-order valence-corrected chi connectivity index (χ3v) is 4.18. The number of nitrogens with one attached hydrogen (secondary N) is 1. The fourth-order valence-electron chi connectivity index (χ4n) is 2.37. The van der Waals surface area contributed by atoms with Crippen molar-refractivity contribution in [1.82, 2.24) is 5.32 Å². The Morgan fingerprint density at radius 3 is 2.95 bits per heavy atom. The highest BCUT2D eigenvalue weighted by molar-refractivity contribution is 9.10. The smallest absolute Gasteiger partial charge is 0.123 e. The van der Waals surface area contributed by atoms with Crippen molar-refractivity contribution in [3.8, 4) is 5.75 Å². The summed E-state index contributed by atoms with van der Waals surface area (Å²) in [6.45, 7) is 2.17. The fourth-order valence-corrected chi connectivity index (χ4v) is 2.76. The van der Waals surface area contributed by atoms with E-state index >= 15 is 0 Å². The van der Waals surface area contributed by atoms with Crippen molar-refractivity contribution in [2.24, 2.45) is 0 Å². The Balaban J connectivity index is 1.61. The molecule has 3 rings (SSSR count). The fraction of sp³-hybridized carbons (Fsp3) is 0.250. The van der Waals surface area contributed by atoms with Gasteiger partial charge in [0.25, 0.3) is 0 Å². The van der Waals surface area contributed by atoms with Crippen molar-refractivity contribution in [1.29, 1.82) is 0 Å². The Bertz CT molecular complexity index is 630. The number of rotatable bonds is 4. The van der Waals surface area contributed by atoms with E-state index in [1.807, 2.05) is 6.07 Å². The summed E-state index contributed by atoms with van der Waals surface area (Å²) in [5, 5.41) is 3.34. The van der Waals surface area contributed by atoms with Crippen LogP contribution in [0.3, 0.4) is 0 Å². The minimum absolute atomic E-state index is 0.209. The zero-order chi connectivity index (χ0) is 13.9. The normalized spacial score (nSPS) is 13.1. The van der Waals surface area contributed by atoms with Crippen LogP contribution in [0.1, 0.15) is 16.7 Å². The summed E-state index contributed by atoms with van der Waals surface area (Å²) in [6, 6.07) is 11.0. The second-order valence-electron chi connectivity index (χ2n) is 4.88. The number of hydrogen-bond donors (Lipinski definition) is 1. The van der Waals surface area contributed by atoms with Crippen molar-refractivity contribution in [3.63, 3.8) is 0 Å². The first-order chi connectivity index (χ1) is 9.72. The van der Waals surface area contributed by atoms with Crippen LogP contribution in [0, 0.1) is 5.82 Å². The van der Waals surface area contributed by atoms with E-state index in [0.29, 0.717) is 6.54 Å². The lowest BCUT2D eigenvalue weighted by molar-refractivity contribution is 0.357. The largest absolute Gasteiger partial charge is 0.493 e. The lowest BCUT2D eigenvalue weighted by Crippen LogP contribution is -2.13. The summed E-state index contributed by atoms with van der Waals surface area (Å²) < 4.78 is 19.6. The van der Waals surface area contributed by atoms with Crippen LogP contribution in [0.2, 0.25) is 0 Å². The summed E-state index contributed by atoms with van der Waals surface area (Å²) in [7, 11) is 0. The highest BCUT2D eigenvalue weighted by atomic mass is 79.9. The molecule has 2 aromatic carbocycles. The van der Waals surface area contributed by atoms with Crippen molar-refractivity contribution < 1.29 is 9.13 Å². The van der Waals surface area contributed by atoms with Gasteiger partial charge in [-0.2, -0.15) is 0 Å². The van der Waals surface area contributed by atoms with Gasteiger partial charge in [0.05, 0.1) is 6.61 Å². The second-order valence-corrected chi connectivity index (χ2v) is 5.73. The molecule has 2 nitrogen and oxygen atoms in total. The molecule has 0 unspecified atom stereocenters. The number of fused-ring (bicyclic) bond motifs is 1. The predicted octanol–water partition coefficient (Wildman–Crippen LogP) is 3.81. The number of benzene rings is 2.